The Morgan fingerprint density at radius 2 is 1.95 bits per heavy atom. The number of nitrogen functional groups attached to an aromatic ring is 1. The first-order valence-electron chi connectivity index (χ1n) is 7.13. The topological polar surface area (TPSA) is 53.0 Å². The highest BCUT2D eigenvalue weighted by molar-refractivity contribution is 5.54. The summed E-state index contributed by atoms with van der Waals surface area (Å²) in [6.45, 7) is 7.11. The summed E-state index contributed by atoms with van der Waals surface area (Å²) in [6.07, 6.45) is 0. The lowest BCUT2D eigenvalue weighted by atomic mass is 10.1. The first-order valence-corrected chi connectivity index (χ1v) is 7.13. The number of nitriles is 1. The summed E-state index contributed by atoms with van der Waals surface area (Å²) >= 11 is 0. The first kappa shape index (κ1) is 14.9. The fourth-order valence-corrected chi connectivity index (χ4v) is 2.41. The Morgan fingerprint density at radius 1 is 1.19 bits per heavy atom. The molecule has 21 heavy (non-hydrogen) atoms. The zero-order valence-corrected chi connectivity index (χ0v) is 12.8. The van der Waals surface area contributed by atoms with Crippen LogP contribution in [0.3, 0.4) is 0 Å². The molecule has 0 aliphatic rings. The summed E-state index contributed by atoms with van der Waals surface area (Å²) in [5.41, 5.74) is 10.7. The third-order valence-corrected chi connectivity index (χ3v) is 3.59. The number of rotatable bonds is 4. The molecule has 0 fully saturated rings. The molecule has 0 saturated carbocycles. The van der Waals surface area contributed by atoms with E-state index in [4.69, 9.17) is 11.0 Å². The van der Waals surface area contributed by atoms with Crippen molar-refractivity contribution in [2.75, 3.05) is 10.6 Å². The highest BCUT2D eigenvalue weighted by Crippen LogP contribution is 2.23. The number of hydrogen-bond acceptors (Lipinski definition) is 3. The van der Waals surface area contributed by atoms with E-state index in [1.807, 2.05) is 37.3 Å². The SMILES string of the molecule is Cc1cc(N(Cc2cccc(N)c2)C(C)C)ccc1C#N. The molecule has 108 valence electrons. The minimum atomic E-state index is 0.360. The minimum absolute atomic E-state index is 0.360. The molecule has 2 aromatic carbocycles. The van der Waals surface area contributed by atoms with Gasteiger partial charge in [0.1, 0.15) is 0 Å². The molecule has 2 aromatic rings. The Hall–Kier alpha value is -2.47. The van der Waals surface area contributed by atoms with Crippen LogP contribution in [0, 0.1) is 18.3 Å². The Kier molecular flexibility index (Phi) is 4.49. The molecule has 0 radical (unpaired) electrons. The Labute approximate surface area is 126 Å². The van der Waals surface area contributed by atoms with E-state index in [2.05, 4.69) is 36.9 Å². The molecule has 0 spiro atoms. The van der Waals surface area contributed by atoms with Crippen LogP contribution in [0.25, 0.3) is 0 Å². The van der Waals surface area contributed by atoms with Gasteiger partial charge in [-0.2, -0.15) is 5.26 Å². The summed E-state index contributed by atoms with van der Waals surface area (Å²) in [5, 5.41) is 9.05. The quantitative estimate of drug-likeness (QED) is 0.864. The average Bonchev–Trinajstić information content (AvgIpc) is 2.44. The summed E-state index contributed by atoms with van der Waals surface area (Å²) in [4.78, 5) is 2.31. The maximum atomic E-state index is 9.05. The van der Waals surface area contributed by atoms with Crippen LogP contribution in [0.2, 0.25) is 0 Å². The zero-order valence-electron chi connectivity index (χ0n) is 12.8. The lowest BCUT2D eigenvalue weighted by Gasteiger charge is -2.29. The molecule has 0 heterocycles. The van der Waals surface area contributed by atoms with Gasteiger partial charge in [-0.1, -0.05) is 12.1 Å². The number of benzene rings is 2. The molecule has 0 bridgehead atoms. The van der Waals surface area contributed by atoms with Crippen LogP contribution in [0.5, 0.6) is 0 Å². The van der Waals surface area contributed by atoms with E-state index in [-0.39, 0.29) is 0 Å². The molecule has 0 aliphatic heterocycles. The third-order valence-electron chi connectivity index (χ3n) is 3.59. The number of hydrogen-bond donors (Lipinski definition) is 1. The van der Waals surface area contributed by atoms with E-state index in [0.717, 1.165) is 29.0 Å². The number of anilines is 2. The Morgan fingerprint density at radius 3 is 2.52 bits per heavy atom. The second-order valence-corrected chi connectivity index (χ2v) is 5.58. The maximum Gasteiger partial charge on any atom is 0.0994 e. The zero-order chi connectivity index (χ0) is 15.4. The predicted molar refractivity (Wildman–Crippen MR) is 88.1 cm³/mol. The van der Waals surface area contributed by atoms with Gasteiger partial charge in [0.15, 0.2) is 0 Å². The van der Waals surface area contributed by atoms with Gasteiger partial charge >= 0.3 is 0 Å². The van der Waals surface area contributed by atoms with Crippen LogP contribution in [-0.4, -0.2) is 6.04 Å². The van der Waals surface area contributed by atoms with Gasteiger partial charge in [-0.3, -0.25) is 0 Å². The monoisotopic (exact) mass is 279 g/mol. The van der Waals surface area contributed by atoms with Crippen LogP contribution >= 0.6 is 0 Å². The van der Waals surface area contributed by atoms with Crippen molar-refractivity contribution in [2.24, 2.45) is 0 Å². The highest BCUT2D eigenvalue weighted by atomic mass is 15.1. The van der Waals surface area contributed by atoms with E-state index in [9.17, 15) is 0 Å². The van der Waals surface area contributed by atoms with Gasteiger partial charge < -0.3 is 10.6 Å². The summed E-state index contributed by atoms with van der Waals surface area (Å²) in [6, 6.07) is 16.5. The van der Waals surface area contributed by atoms with Gasteiger partial charge in [-0.05, 0) is 62.2 Å². The summed E-state index contributed by atoms with van der Waals surface area (Å²) in [5.74, 6) is 0. The van der Waals surface area contributed by atoms with Crippen LogP contribution < -0.4 is 10.6 Å². The smallest absolute Gasteiger partial charge is 0.0994 e. The van der Waals surface area contributed by atoms with Gasteiger partial charge in [0, 0.05) is 24.0 Å². The van der Waals surface area contributed by atoms with Crippen LogP contribution in [0.15, 0.2) is 42.5 Å². The van der Waals surface area contributed by atoms with Crippen molar-refractivity contribution in [1.29, 1.82) is 5.26 Å². The fourth-order valence-electron chi connectivity index (χ4n) is 2.41. The largest absolute Gasteiger partial charge is 0.399 e. The van der Waals surface area contributed by atoms with Gasteiger partial charge in [0.05, 0.1) is 11.6 Å². The van der Waals surface area contributed by atoms with Crippen molar-refractivity contribution in [3.8, 4) is 6.07 Å². The number of nitrogens with two attached hydrogens (primary N) is 1. The molecule has 2 N–H and O–H groups in total. The number of nitrogens with zero attached hydrogens (tertiary/aromatic N) is 2. The fraction of sp³-hybridized carbons (Fsp3) is 0.278. The predicted octanol–water partition coefficient (Wildman–Crippen LogP) is 3.86. The second-order valence-electron chi connectivity index (χ2n) is 5.58. The van der Waals surface area contributed by atoms with Crippen LogP contribution in [0.4, 0.5) is 11.4 Å². The molecular formula is C18H21N3. The van der Waals surface area contributed by atoms with Crippen molar-refractivity contribution in [1.82, 2.24) is 0 Å². The van der Waals surface area contributed by atoms with Crippen molar-refractivity contribution < 1.29 is 0 Å². The molecule has 0 aromatic heterocycles. The van der Waals surface area contributed by atoms with Gasteiger partial charge in [-0.15, -0.1) is 0 Å². The Bertz CT molecular complexity index is 668. The summed E-state index contributed by atoms with van der Waals surface area (Å²) < 4.78 is 0. The molecule has 0 saturated heterocycles. The van der Waals surface area contributed by atoms with Crippen molar-refractivity contribution >= 4 is 11.4 Å². The molecule has 0 aliphatic carbocycles. The van der Waals surface area contributed by atoms with E-state index in [0.29, 0.717) is 6.04 Å². The third kappa shape index (κ3) is 3.55. The lowest BCUT2D eigenvalue weighted by Crippen LogP contribution is -2.30. The minimum Gasteiger partial charge on any atom is -0.399 e. The maximum absolute atomic E-state index is 9.05. The van der Waals surface area contributed by atoms with Crippen LogP contribution in [-0.2, 0) is 6.54 Å². The van der Waals surface area contributed by atoms with E-state index < -0.39 is 0 Å². The van der Waals surface area contributed by atoms with E-state index in [1.54, 1.807) is 0 Å². The van der Waals surface area contributed by atoms with E-state index >= 15 is 0 Å². The van der Waals surface area contributed by atoms with Crippen LogP contribution in [0.1, 0.15) is 30.5 Å². The number of aryl methyl sites for hydroxylation is 1. The van der Waals surface area contributed by atoms with E-state index in [1.165, 1.54) is 5.56 Å². The molecule has 2 rings (SSSR count). The van der Waals surface area contributed by atoms with Gasteiger partial charge in [-0.25, -0.2) is 0 Å². The first-order chi connectivity index (χ1) is 10.0. The van der Waals surface area contributed by atoms with Crippen molar-refractivity contribution in [3.05, 3.63) is 59.2 Å². The van der Waals surface area contributed by atoms with Gasteiger partial charge in [0.2, 0.25) is 0 Å². The molecule has 0 atom stereocenters. The molecule has 0 unspecified atom stereocenters. The standard InChI is InChI=1S/C18H21N3/c1-13(2)21(12-15-5-4-6-17(20)10-15)18-8-7-16(11-19)14(3)9-18/h4-10,13H,12,20H2,1-3H3. The summed E-state index contributed by atoms with van der Waals surface area (Å²) in [7, 11) is 0. The molecule has 0 amide bonds. The average molecular weight is 279 g/mol. The van der Waals surface area contributed by atoms with Gasteiger partial charge in [0.25, 0.3) is 0 Å². The molecular weight excluding hydrogens is 258 g/mol. The highest BCUT2D eigenvalue weighted by Gasteiger charge is 2.12. The second kappa shape index (κ2) is 6.32. The molecule has 3 nitrogen and oxygen atoms in total. The van der Waals surface area contributed by atoms with Crippen molar-refractivity contribution in [3.63, 3.8) is 0 Å². The van der Waals surface area contributed by atoms with Crippen molar-refractivity contribution in [2.45, 2.75) is 33.4 Å². The lowest BCUT2D eigenvalue weighted by molar-refractivity contribution is 0.682. The Balaban J connectivity index is 2.31. The normalized spacial score (nSPS) is 10.4. The molecule has 3 heteroatoms.